The summed E-state index contributed by atoms with van der Waals surface area (Å²) in [7, 11) is 0. The van der Waals surface area contributed by atoms with Crippen molar-refractivity contribution in [3.8, 4) is 0 Å². The fourth-order valence-corrected chi connectivity index (χ4v) is 3.94. The number of halogens is 3. The number of rotatable bonds is 6. The third-order valence-corrected chi connectivity index (χ3v) is 5.53. The predicted octanol–water partition coefficient (Wildman–Crippen LogP) is 3.68. The zero-order valence-electron chi connectivity index (χ0n) is 18.1. The first-order valence-corrected chi connectivity index (χ1v) is 11.0. The van der Waals surface area contributed by atoms with Gasteiger partial charge in [-0.25, -0.2) is 9.78 Å². The number of carbonyl (C=O) groups excluding carboxylic acids is 1. The van der Waals surface area contributed by atoms with Crippen molar-refractivity contribution >= 4 is 51.9 Å². The Hall–Kier alpha value is -3.91. The van der Waals surface area contributed by atoms with Gasteiger partial charge in [0, 0.05) is 30.7 Å². The van der Waals surface area contributed by atoms with Crippen LogP contribution in [0.5, 0.6) is 0 Å². The standard InChI is InChI=1S/C20H18F3N5O3S.CH3NO/c21-20(22,23)15-11-24-19(27-16(15)26-17-14(18(29)30)4-9-32-17)25-12-2-1-3-13(10-12)28-5-7-31-8-6-28;2-1-3/h1-4,9-11H,5-8H2,(H,29,30)(H2,24,25,26,27);1H,(H2,2,3). The molecule has 1 saturated heterocycles. The van der Waals surface area contributed by atoms with E-state index in [4.69, 9.17) is 9.53 Å². The summed E-state index contributed by atoms with van der Waals surface area (Å²) in [4.78, 5) is 29.8. The Labute approximate surface area is 201 Å². The topological polar surface area (TPSA) is 143 Å². The number of hydrogen-bond donors (Lipinski definition) is 4. The number of benzene rings is 1. The maximum atomic E-state index is 13.5. The number of nitrogens with two attached hydrogens (primary N) is 1. The second-order valence-corrected chi connectivity index (χ2v) is 7.87. The van der Waals surface area contributed by atoms with Crippen molar-refractivity contribution < 1.29 is 32.6 Å². The summed E-state index contributed by atoms with van der Waals surface area (Å²) in [5.74, 6) is -1.85. The van der Waals surface area contributed by atoms with Crippen LogP contribution >= 0.6 is 11.3 Å². The van der Waals surface area contributed by atoms with E-state index in [1.165, 1.54) is 11.4 Å². The maximum absolute atomic E-state index is 13.5. The number of nitrogens with zero attached hydrogens (tertiary/aromatic N) is 3. The van der Waals surface area contributed by atoms with Gasteiger partial charge in [0.25, 0.3) is 0 Å². The van der Waals surface area contributed by atoms with Crippen LogP contribution in [0.25, 0.3) is 0 Å². The quantitative estimate of drug-likeness (QED) is 0.365. The van der Waals surface area contributed by atoms with Gasteiger partial charge in [-0.3, -0.25) is 4.79 Å². The van der Waals surface area contributed by atoms with Crippen LogP contribution < -0.4 is 21.3 Å². The SMILES string of the molecule is NC=O.O=C(O)c1ccsc1Nc1nc(Nc2cccc(N3CCOCC3)c2)ncc1C(F)(F)F. The lowest BCUT2D eigenvalue weighted by atomic mass is 10.2. The molecule has 3 aromatic rings. The molecule has 1 amide bonds. The largest absolute Gasteiger partial charge is 0.478 e. The van der Waals surface area contributed by atoms with E-state index in [-0.39, 0.29) is 22.9 Å². The fraction of sp³-hybridized carbons (Fsp3) is 0.238. The molecule has 0 bridgehead atoms. The zero-order chi connectivity index (χ0) is 25.4. The van der Waals surface area contributed by atoms with Crippen LogP contribution in [-0.2, 0) is 15.7 Å². The molecule has 10 nitrogen and oxygen atoms in total. The molecule has 5 N–H and O–H groups in total. The van der Waals surface area contributed by atoms with E-state index in [1.54, 1.807) is 6.07 Å². The van der Waals surface area contributed by atoms with Gasteiger partial charge >= 0.3 is 12.1 Å². The van der Waals surface area contributed by atoms with Crippen LogP contribution in [-0.4, -0.2) is 53.8 Å². The maximum Gasteiger partial charge on any atom is 0.421 e. The van der Waals surface area contributed by atoms with Crippen LogP contribution in [0.15, 0.2) is 41.9 Å². The summed E-state index contributed by atoms with van der Waals surface area (Å²) in [6, 6.07) is 8.66. The number of ether oxygens (including phenoxy) is 1. The molecule has 0 aliphatic carbocycles. The number of nitrogens with one attached hydrogen (secondary N) is 2. The first-order chi connectivity index (χ1) is 16.7. The molecule has 0 unspecified atom stereocenters. The van der Waals surface area contributed by atoms with E-state index in [9.17, 15) is 23.1 Å². The van der Waals surface area contributed by atoms with E-state index < -0.39 is 23.5 Å². The van der Waals surface area contributed by atoms with Gasteiger partial charge < -0.3 is 31.1 Å². The Morgan fingerprint density at radius 1 is 1.23 bits per heavy atom. The van der Waals surface area contributed by atoms with Gasteiger partial charge in [-0.05, 0) is 29.6 Å². The highest BCUT2D eigenvalue weighted by atomic mass is 32.1. The van der Waals surface area contributed by atoms with Crippen molar-refractivity contribution in [2.45, 2.75) is 6.18 Å². The van der Waals surface area contributed by atoms with Crippen molar-refractivity contribution in [2.75, 3.05) is 41.8 Å². The number of carboxylic acids is 1. The Morgan fingerprint density at radius 2 is 1.94 bits per heavy atom. The number of carboxylic acid groups (broad SMARTS) is 1. The number of thiophene rings is 1. The summed E-state index contributed by atoms with van der Waals surface area (Å²) in [5, 5.41) is 16.2. The highest BCUT2D eigenvalue weighted by Crippen LogP contribution is 2.37. The summed E-state index contributed by atoms with van der Waals surface area (Å²) in [6.45, 7) is 2.72. The third-order valence-electron chi connectivity index (χ3n) is 4.70. The molecule has 0 saturated carbocycles. The minimum atomic E-state index is -4.72. The third kappa shape index (κ3) is 6.80. The van der Waals surface area contributed by atoms with E-state index in [2.05, 4.69) is 31.2 Å². The molecule has 1 fully saturated rings. The summed E-state index contributed by atoms with van der Waals surface area (Å²) in [6.07, 6.45) is -3.81. The molecule has 1 aliphatic rings. The van der Waals surface area contributed by atoms with Gasteiger partial charge in [0.05, 0.1) is 18.8 Å². The van der Waals surface area contributed by atoms with Gasteiger partial charge in [0.2, 0.25) is 12.4 Å². The molecule has 0 atom stereocenters. The van der Waals surface area contributed by atoms with Crippen LogP contribution in [0.2, 0.25) is 0 Å². The molecule has 186 valence electrons. The van der Waals surface area contributed by atoms with Crippen LogP contribution in [0.1, 0.15) is 15.9 Å². The Kier molecular flexibility index (Phi) is 8.43. The van der Waals surface area contributed by atoms with E-state index >= 15 is 0 Å². The average Bonchev–Trinajstić information content (AvgIpc) is 3.28. The van der Waals surface area contributed by atoms with Crippen molar-refractivity contribution in [2.24, 2.45) is 5.73 Å². The van der Waals surface area contributed by atoms with Crippen molar-refractivity contribution in [1.29, 1.82) is 0 Å². The molecule has 0 radical (unpaired) electrons. The second kappa shape index (κ2) is 11.5. The second-order valence-electron chi connectivity index (χ2n) is 6.96. The average molecular weight is 510 g/mol. The number of carbonyl (C=O) groups is 2. The molecule has 1 aromatic carbocycles. The molecular weight excluding hydrogens is 489 g/mol. The lowest BCUT2D eigenvalue weighted by Gasteiger charge is -2.29. The highest BCUT2D eigenvalue weighted by Gasteiger charge is 2.35. The Bertz CT molecular complexity index is 1170. The van der Waals surface area contributed by atoms with Crippen molar-refractivity contribution in [3.63, 3.8) is 0 Å². The van der Waals surface area contributed by atoms with Gasteiger partial charge in [-0.1, -0.05) is 6.07 Å². The summed E-state index contributed by atoms with van der Waals surface area (Å²) >= 11 is 0.964. The summed E-state index contributed by atoms with van der Waals surface area (Å²) in [5.41, 5.74) is 4.46. The highest BCUT2D eigenvalue weighted by molar-refractivity contribution is 7.14. The minimum absolute atomic E-state index is 0.0435. The number of aromatic nitrogens is 2. The van der Waals surface area contributed by atoms with E-state index in [0.717, 1.165) is 30.1 Å². The molecule has 14 heteroatoms. The monoisotopic (exact) mass is 510 g/mol. The molecule has 2 aromatic heterocycles. The van der Waals surface area contributed by atoms with Gasteiger partial charge in [-0.2, -0.15) is 18.2 Å². The van der Waals surface area contributed by atoms with Crippen LogP contribution in [0, 0.1) is 0 Å². The molecule has 3 heterocycles. The number of hydrogen-bond acceptors (Lipinski definition) is 9. The van der Waals surface area contributed by atoms with Crippen LogP contribution in [0.3, 0.4) is 0 Å². The molecular formula is C21H21F3N6O4S. The van der Waals surface area contributed by atoms with Crippen molar-refractivity contribution in [1.82, 2.24) is 9.97 Å². The van der Waals surface area contributed by atoms with Gasteiger partial charge in [-0.15, -0.1) is 11.3 Å². The molecule has 0 spiro atoms. The number of amides is 1. The number of primary amides is 1. The smallest absolute Gasteiger partial charge is 0.421 e. The number of anilines is 5. The summed E-state index contributed by atoms with van der Waals surface area (Å²) < 4.78 is 45.8. The van der Waals surface area contributed by atoms with Gasteiger partial charge in [0.1, 0.15) is 16.4 Å². The Balaban J connectivity index is 0.00000108. The lowest BCUT2D eigenvalue weighted by molar-refractivity contribution is -0.137. The van der Waals surface area contributed by atoms with E-state index in [0.29, 0.717) is 25.1 Å². The lowest BCUT2D eigenvalue weighted by Crippen LogP contribution is -2.36. The van der Waals surface area contributed by atoms with Crippen LogP contribution in [0.4, 0.5) is 41.3 Å². The zero-order valence-corrected chi connectivity index (χ0v) is 18.9. The number of aromatic carboxylic acids is 1. The number of morpholine rings is 1. The molecule has 4 rings (SSSR count). The number of alkyl halides is 3. The fourth-order valence-electron chi connectivity index (χ4n) is 3.16. The minimum Gasteiger partial charge on any atom is -0.478 e. The predicted molar refractivity (Wildman–Crippen MR) is 125 cm³/mol. The van der Waals surface area contributed by atoms with E-state index in [1.807, 2.05) is 18.2 Å². The van der Waals surface area contributed by atoms with Gasteiger partial charge in [0.15, 0.2) is 0 Å². The Morgan fingerprint density at radius 3 is 2.60 bits per heavy atom. The first-order valence-electron chi connectivity index (χ1n) is 10.1. The van der Waals surface area contributed by atoms with Crippen molar-refractivity contribution in [3.05, 3.63) is 53.0 Å². The molecule has 1 aliphatic heterocycles. The normalized spacial score (nSPS) is 13.4. The molecule has 35 heavy (non-hydrogen) atoms. The first kappa shape index (κ1) is 25.7.